The molecule has 0 bridgehead atoms. The zero-order valence-electron chi connectivity index (χ0n) is 27.5. The zero-order chi connectivity index (χ0) is 31.8. The normalized spacial score (nSPS) is 18.9. The lowest BCUT2D eigenvalue weighted by Crippen LogP contribution is -2.56. The van der Waals surface area contributed by atoms with Gasteiger partial charge in [-0.15, -0.1) is 0 Å². The van der Waals surface area contributed by atoms with E-state index in [-0.39, 0.29) is 23.0 Å². The summed E-state index contributed by atoms with van der Waals surface area (Å²) in [6, 6.07) is 6.63. The van der Waals surface area contributed by atoms with Crippen molar-refractivity contribution in [3.05, 3.63) is 54.1 Å². The molecule has 5 aromatic rings. The molecular weight excluding hydrogens is 578 g/mol. The average molecular weight is 622 g/mol. The van der Waals surface area contributed by atoms with Gasteiger partial charge in [0.25, 0.3) is 5.91 Å². The summed E-state index contributed by atoms with van der Waals surface area (Å²) in [5, 5.41) is 11.3. The van der Waals surface area contributed by atoms with Crippen LogP contribution in [-0.4, -0.2) is 65.7 Å². The van der Waals surface area contributed by atoms with Crippen LogP contribution in [0.2, 0.25) is 0 Å². The molecule has 0 radical (unpaired) electrons. The van der Waals surface area contributed by atoms with Gasteiger partial charge in [-0.3, -0.25) is 14.2 Å². The van der Waals surface area contributed by atoms with Gasteiger partial charge in [0.1, 0.15) is 11.8 Å². The van der Waals surface area contributed by atoms with Gasteiger partial charge in [0.2, 0.25) is 0 Å². The monoisotopic (exact) mass is 621 g/mol. The summed E-state index contributed by atoms with van der Waals surface area (Å²) in [7, 11) is 6.05. The van der Waals surface area contributed by atoms with Crippen LogP contribution < -0.4 is 0 Å². The molecule has 8 rings (SSSR count). The van der Waals surface area contributed by atoms with E-state index in [9.17, 15) is 4.79 Å². The van der Waals surface area contributed by atoms with Gasteiger partial charge in [-0.2, -0.15) is 10.2 Å². The predicted molar refractivity (Wildman–Crippen MR) is 177 cm³/mol. The molecule has 10 nitrogen and oxygen atoms in total. The van der Waals surface area contributed by atoms with E-state index < -0.39 is 0 Å². The number of ether oxygens (including phenoxy) is 2. The first-order valence-electron chi connectivity index (χ1n) is 16.7. The Morgan fingerprint density at radius 2 is 1.85 bits per heavy atom. The number of carbonyl (C=O) groups excluding carboxylic acids is 1. The van der Waals surface area contributed by atoms with E-state index in [1.54, 1.807) is 0 Å². The molecule has 10 heteroatoms. The van der Waals surface area contributed by atoms with Gasteiger partial charge in [-0.1, -0.05) is 19.9 Å². The number of nitrogens with zero attached hydrogens (tertiary/aromatic N) is 7. The number of amides is 1. The van der Waals surface area contributed by atoms with E-state index in [0.717, 1.165) is 78.6 Å². The first-order valence-corrected chi connectivity index (χ1v) is 16.7. The highest BCUT2D eigenvalue weighted by molar-refractivity contribution is 6.07. The number of piperidine rings is 1. The van der Waals surface area contributed by atoms with Gasteiger partial charge in [0.05, 0.1) is 35.8 Å². The Kier molecular flexibility index (Phi) is 6.88. The fourth-order valence-electron chi connectivity index (χ4n) is 8.64. The lowest BCUT2D eigenvalue weighted by molar-refractivity contribution is -0.186. The molecular formula is C36H43N7O3. The third-order valence-electron chi connectivity index (χ3n) is 10.9. The third-order valence-corrected chi connectivity index (χ3v) is 10.9. The molecule has 3 aliphatic rings. The molecule has 6 heterocycles. The lowest BCUT2D eigenvalue weighted by Gasteiger charge is -2.57. The minimum atomic E-state index is -0.348. The number of aryl methyl sites for hydroxylation is 3. The molecule has 2 fully saturated rings. The predicted octanol–water partition coefficient (Wildman–Crippen LogP) is 5.86. The van der Waals surface area contributed by atoms with Gasteiger partial charge in [0, 0.05) is 86.3 Å². The zero-order valence-corrected chi connectivity index (χ0v) is 27.5. The second kappa shape index (κ2) is 10.8. The van der Waals surface area contributed by atoms with Crippen LogP contribution in [0.5, 0.6) is 0 Å². The number of rotatable bonds is 7. The largest absolute Gasteiger partial charge is 0.368 e. The maximum absolute atomic E-state index is 13.3. The highest BCUT2D eigenvalue weighted by Gasteiger charge is 2.60. The van der Waals surface area contributed by atoms with E-state index >= 15 is 0 Å². The molecule has 1 aromatic carbocycles. The lowest BCUT2D eigenvalue weighted by atomic mass is 9.53. The van der Waals surface area contributed by atoms with Gasteiger partial charge in [-0.05, 0) is 61.6 Å². The summed E-state index contributed by atoms with van der Waals surface area (Å²) >= 11 is 0. The molecule has 240 valence electrons. The van der Waals surface area contributed by atoms with Crippen LogP contribution in [-0.2, 0) is 47.6 Å². The van der Waals surface area contributed by atoms with Crippen LogP contribution >= 0.6 is 0 Å². The highest BCUT2D eigenvalue weighted by Crippen LogP contribution is 2.65. The molecule has 1 saturated heterocycles. The number of likely N-dealkylation sites (tertiary alicyclic amines) is 1. The quantitative estimate of drug-likeness (QED) is 0.226. The summed E-state index contributed by atoms with van der Waals surface area (Å²) in [4.78, 5) is 20.4. The van der Waals surface area contributed by atoms with Crippen LogP contribution in [0.25, 0.3) is 44.3 Å². The number of carbonyl (C=O) groups is 1. The Hall–Kier alpha value is -4.02. The number of hydrogen-bond donors (Lipinski definition) is 0. The fraction of sp³-hybridized carbons (Fsp3) is 0.500. The van der Waals surface area contributed by atoms with Gasteiger partial charge < -0.3 is 18.9 Å². The Balaban J connectivity index is 1.18. The summed E-state index contributed by atoms with van der Waals surface area (Å²) in [6.45, 7) is 6.89. The van der Waals surface area contributed by atoms with Crippen molar-refractivity contribution >= 4 is 27.8 Å². The fourth-order valence-corrected chi connectivity index (χ4v) is 8.64. The van der Waals surface area contributed by atoms with Crippen LogP contribution in [0.15, 0.2) is 43.0 Å². The van der Waals surface area contributed by atoms with Crippen LogP contribution in [0.4, 0.5) is 0 Å². The van der Waals surface area contributed by atoms with E-state index in [2.05, 4.69) is 53.1 Å². The second-order valence-corrected chi connectivity index (χ2v) is 13.8. The van der Waals surface area contributed by atoms with Crippen molar-refractivity contribution < 1.29 is 14.3 Å². The van der Waals surface area contributed by atoms with Crippen LogP contribution in [0.1, 0.15) is 63.5 Å². The van der Waals surface area contributed by atoms with Crippen molar-refractivity contribution in [1.82, 2.24) is 34.0 Å². The number of fused-ring (bicyclic) bond motifs is 5. The van der Waals surface area contributed by atoms with Crippen molar-refractivity contribution in [2.45, 2.75) is 70.7 Å². The molecule has 1 aliphatic carbocycles. The summed E-state index contributed by atoms with van der Waals surface area (Å²) < 4.78 is 18.7. The molecule has 1 saturated carbocycles. The topological polar surface area (TPSA) is 92.2 Å². The highest BCUT2D eigenvalue weighted by atomic mass is 16.5. The van der Waals surface area contributed by atoms with Crippen molar-refractivity contribution in [3.63, 3.8) is 0 Å². The van der Waals surface area contributed by atoms with Crippen LogP contribution in [0, 0.1) is 5.41 Å². The average Bonchev–Trinajstić information content (AvgIpc) is 3.81. The van der Waals surface area contributed by atoms with Crippen LogP contribution in [0.3, 0.4) is 0 Å². The number of benzene rings is 1. The Morgan fingerprint density at radius 1 is 1.04 bits per heavy atom. The first kappa shape index (κ1) is 29.4. The minimum absolute atomic E-state index is 0.150. The number of aromatic nitrogens is 6. The second-order valence-electron chi connectivity index (χ2n) is 13.8. The molecule has 2 aliphatic heterocycles. The molecule has 46 heavy (non-hydrogen) atoms. The minimum Gasteiger partial charge on any atom is -0.368 e. The van der Waals surface area contributed by atoms with Crippen molar-refractivity contribution in [2.24, 2.45) is 26.6 Å². The van der Waals surface area contributed by atoms with E-state index in [0.29, 0.717) is 19.6 Å². The molecule has 4 aromatic heterocycles. The summed E-state index contributed by atoms with van der Waals surface area (Å²) in [5.74, 6) is 0.150. The van der Waals surface area contributed by atoms with Crippen molar-refractivity contribution in [3.8, 4) is 22.4 Å². The maximum Gasteiger partial charge on any atom is 0.251 e. The first-order chi connectivity index (χ1) is 22.3. The SMILES string of the molecule is CCCOC(CC)C(=O)N1CCC2(CC1)CC1(C2)OCc2cnc3c(c(-c4ccc5c(cnn5C)c4)c(-c4cnn(C)c4)n3C)c21. The Bertz CT molecular complexity index is 1970. The van der Waals surface area contributed by atoms with Gasteiger partial charge in [-0.25, -0.2) is 4.98 Å². The molecule has 1 atom stereocenters. The van der Waals surface area contributed by atoms with Crippen molar-refractivity contribution in [1.29, 1.82) is 0 Å². The maximum atomic E-state index is 13.3. The Morgan fingerprint density at radius 3 is 2.57 bits per heavy atom. The van der Waals surface area contributed by atoms with Gasteiger partial charge in [0.15, 0.2) is 0 Å². The number of hydrogen-bond acceptors (Lipinski definition) is 6. The molecule has 0 N–H and O–H groups in total. The molecule has 2 spiro atoms. The Labute approximate surface area is 269 Å². The smallest absolute Gasteiger partial charge is 0.251 e. The summed E-state index contributed by atoms with van der Waals surface area (Å²) in [6.07, 6.45) is 13.2. The van der Waals surface area contributed by atoms with E-state index in [4.69, 9.17) is 14.5 Å². The van der Waals surface area contributed by atoms with E-state index in [1.807, 2.05) is 53.9 Å². The van der Waals surface area contributed by atoms with Crippen molar-refractivity contribution in [2.75, 3.05) is 19.7 Å². The standard InChI is InChI=1S/C36H43N7O3/c1-6-14-45-28(7-2)34(44)43-12-10-35(11-13-43)21-36(22-35)31-26(20-46-36)16-37-33-30(31)29(32(41(33)4)25-18-38-40(3)19-25)23-8-9-27-24(15-23)17-39-42(27)5/h8-9,15-19,28H,6-7,10-14,20-22H2,1-5H3. The summed E-state index contributed by atoms with van der Waals surface area (Å²) in [5.41, 5.74) is 8.84. The number of pyridine rings is 1. The molecule has 1 amide bonds. The van der Waals surface area contributed by atoms with Gasteiger partial charge >= 0.3 is 0 Å². The van der Waals surface area contributed by atoms with E-state index in [1.165, 1.54) is 22.1 Å². The third kappa shape index (κ3) is 4.36. The molecule has 1 unspecified atom stereocenters.